The molecule has 100 valence electrons. The molecule has 1 fully saturated rings. The average Bonchev–Trinajstić information content (AvgIpc) is 3.06. The summed E-state index contributed by atoms with van der Waals surface area (Å²) in [7, 11) is 0. The van der Waals surface area contributed by atoms with Crippen LogP contribution in [-0.4, -0.2) is 31.6 Å². The van der Waals surface area contributed by atoms with Crippen LogP contribution < -0.4 is 16.4 Å². The Labute approximate surface area is 105 Å². The van der Waals surface area contributed by atoms with Gasteiger partial charge in [-0.05, 0) is 50.7 Å². The maximum Gasteiger partial charge on any atom is 0.220 e. The molecule has 1 atom stereocenters. The van der Waals surface area contributed by atoms with E-state index in [1.807, 2.05) is 0 Å². The van der Waals surface area contributed by atoms with Gasteiger partial charge in [-0.2, -0.15) is 0 Å². The SMILES string of the molecule is CC(C)C(CN)CNCCCC(=O)NC1CC1. The molecule has 4 nitrogen and oxygen atoms in total. The Morgan fingerprint density at radius 2 is 2.12 bits per heavy atom. The van der Waals surface area contributed by atoms with Crippen LogP contribution in [0.1, 0.15) is 39.5 Å². The summed E-state index contributed by atoms with van der Waals surface area (Å²) >= 11 is 0. The molecule has 0 saturated heterocycles. The van der Waals surface area contributed by atoms with E-state index in [2.05, 4.69) is 24.5 Å². The quantitative estimate of drug-likeness (QED) is 0.525. The standard InChI is InChI=1S/C13H27N3O/c1-10(2)11(8-14)9-15-7-3-4-13(17)16-12-5-6-12/h10-12,15H,3-9,14H2,1-2H3,(H,16,17). The third-order valence-corrected chi connectivity index (χ3v) is 3.35. The van der Waals surface area contributed by atoms with Gasteiger partial charge in [-0.25, -0.2) is 0 Å². The number of rotatable bonds is 9. The third kappa shape index (κ3) is 6.64. The lowest BCUT2D eigenvalue weighted by Gasteiger charge is -2.19. The van der Waals surface area contributed by atoms with E-state index in [1.165, 1.54) is 0 Å². The first-order valence-corrected chi connectivity index (χ1v) is 6.83. The van der Waals surface area contributed by atoms with Crippen LogP contribution in [0, 0.1) is 11.8 Å². The van der Waals surface area contributed by atoms with Gasteiger partial charge in [0.15, 0.2) is 0 Å². The summed E-state index contributed by atoms with van der Waals surface area (Å²) in [4.78, 5) is 11.4. The predicted molar refractivity (Wildman–Crippen MR) is 70.7 cm³/mol. The lowest BCUT2D eigenvalue weighted by molar-refractivity contribution is -0.121. The van der Waals surface area contributed by atoms with Gasteiger partial charge in [0.25, 0.3) is 0 Å². The van der Waals surface area contributed by atoms with Gasteiger partial charge in [-0.1, -0.05) is 13.8 Å². The molecule has 1 aliphatic carbocycles. The molecule has 1 unspecified atom stereocenters. The Kier molecular flexibility index (Phi) is 6.52. The van der Waals surface area contributed by atoms with Crippen molar-refractivity contribution in [3.05, 3.63) is 0 Å². The summed E-state index contributed by atoms with van der Waals surface area (Å²) in [6, 6.07) is 0.484. The monoisotopic (exact) mass is 241 g/mol. The van der Waals surface area contributed by atoms with Crippen LogP contribution in [0.25, 0.3) is 0 Å². The summed E-state index contributed by atoms with van der Waals surface area (Å²) in [5, 5.41) is 6.38. The van der Waals surface area contributed by atoms with Crippen molar-refractivity contribution >= 4 is 5.91 Å². The van der Waals surface area contributed by atoms with Crippen LogP contribution in [0.5, 0.6) is 0 Å². The maximum absolute atomic E-state index is 11.4. The largest absolute Gasteiger partial charge is 0.353 e. The molecule has 4 N–H and O–H groups in total. The lowest BCUT2D eigenvalue weighted by Crippen LogP contribution is -2.33. The maximum atomic E-state index is 11.4. The zero-order valence-corrected chi connectivity index (χ0v) is 11.2. The number of nitrogens with two attached hydrogens (primary N) is 1. The molecule has 0 spiro atoms. The second-order valence-electron chi connectivity index (χ2n) is 5.39. The molecule has 0 radical (unpaired) electrons. The van der Waals surface area contributed by atoms with Crippen LogP contribution in [0.4, 0.5) is 0 Å². The van der Waals surface area contributed by atoms with Crippen molar-refractivity contribution in [1.29, 1.82) is 0 Å². The highest BCUT2D eigenvalue weighted by atomic mass is 16.1. The fourth-order valence-corrected chi connectivity index (χ4v) is 1.78. The summed E-state index contributed by atoms with van der Waals surface area (Å²) in [5.74, 6) is 1.36. The van der Waals surface area contributed by atoms with E-state index < -0.39 is 0 Å². The van der Waals surface area contributed by atoms with Crippen LogP contribution in [-0.2, 0) is 4.79 Å². The van der Waals surface area contributed by atoms with Crippen molar-refractivity contribution in [2.24, 2.45) is 17.6 Å². The average molecular weight is 241 g/mol. The number of nitrogens with one attached hydrogen (secondary N) is 2. The predicted octanol–water partition coefficient (Wildman–Crippen LogP) is 0.866. The molecule has 4 heteroatoms. The number of carbonyl (C=O) groups is 1. The second-order valence-corrected chi connectivity index (χ2v) is 5.39. The van der Waals surface area contributed by atoms with Gasteiger partial charge in [0.1, 0.15) is 0 Å². The summed E-state index contributed by atoms with van der Waals surface area (Å²) in [6.07, 6.45) is 3.87. The topological polar surface area (TPSA) is 67.1 Å². The van der Waals surface area contributed by atoms with E-state index in [-0.39, 0.29) is 5.91 Å². The molecule has 17 heavy (non-hydrogen) atoms. The normalized spacial score (nSPS) is 17.2. The van der Waals surface area contributed by atoms with Crippen molar-refractivity contribution in [3.8, 4) is 0 Å². The van der Waals surface area contributed by atoms with Crippen molar-refractivity contribution in [3.63, 3.8) is 0 Å². The highest BCUT2D eigenvalue weighted by Crippen LogP contribution is 2.18. The van der Waals surface area contributed by atoms with Gasteiger partial charge in [-0.3, -0.25) is 4.79 Å². The zero-order valence-electron chi connectivity index (χ0n) is 11.2. The number of hydrogen-bond donors (Lipinski definition) is 3. The third-order valence-electron chi connectivity index (χ3n) is 3.35. The molecule has 0 bridgehead atoms. The van der Waals surface area contributed by atoms with E-state index in [0.717, 1.165) is 38.9 Å². The minimum Gasteiger partial charge on any atom is -0.353 e. The molecule has 1 amide bonds. The Bertz CT molecular complexity index is 227. The number of hydrogen-bond acceptors (Lipinski definition) is 3. The first-order valence-electron chi connectivity index (χ1n) is 6.83. The molecule has 0 aromatic heterocycles. The van der Waals surface area contributed by atoms with E-state index >= 15 is 0 Å². The number of amides is 1. The molecule has 0 aromatic rings. The fourth-order valence-electron chi connectivity index (χ4n) is 1.78. The van der Waals surface area contributed by atoms with E-state index in [4.69, 9.17) is 5.73 Å². The smallest absolute Gasteiger partial charge is 0.220 e. The summed E-state index contributed by atoms with van der Waals surface area (Å²) in [5.41, 5.74) is 5.69. The van der Waals surface area contributed by atoms with Crippen LogP contribution >= 0.6 is 0 Å². The Morgan fingerprint density at radius 3 is 2.65 bits per heavy atom. The van der Waals surface area contributed by atoms with Crippen molar-refractivity contribution < 1.29 is 4.79 Å². The first-order chi connectivity index (χ1) is 8.13. The molecule has 0 aliphatic heterocycles. The van der Waals surface area contributed by atoms with Crippen molar-refractivity contribution in [2.45, 2.75) is 45.6 Å². The minimum absolute atomic E-state index is 0.202. The van der Waals surface area contributed by atoms with E-state index in [0.29, 0.717) is 24.3 Å². The minimum atomic E-state index is 0.202. The van der Waals surface area contributed by atoms with Crippen LogP contribution in [0.15, 0.2) is 0 Å². The highest BCUT2D eigenvalue weighted by molar-refractivity contribution is 5.76. The number of carbonyl (C=O) groups excluding carboxylic acids is 1. The first kappa shape index (κ1) is 14.5. The van der Waals surface area contributed by atoms with E-state index in [1.54, 1.807) is 0 Å². The zero-order chi connectivity index (χ0) is 12.7. The molecule has 1 rings (SSSR count). The van der Waals surface area contributed by atoms with Crippen molar-refractivity contribution in [1.82, 2.24) is 10.6 Å². The van der Waals surface area contributed by atoms with Gasteiger partial charge >= 0.3 is 0 Å². The molecular weight excluding hydrogens is 214 g/mol. The molecule has 0 heterocycles. The fraction of sp³-hybridized carbons (Fsp3) is 0.923. The van der Waals surface area contributed by atoms with Crippen molar-refractivity contribution in [2.75, 3.05) is 19.6 Å². The summed E-state index contributed by atoms with van der Waals surface area (Å²) < 4.78 is 0. The molecule has 0 aromatic carbocycles. The molecule has 1 aliphatic rings. The Balaban J connectivity index is 1.93. The van der Waals surface area contributed by atoms with Gasteiger partial charge in [0, 0.05) is 12.5 Å². The highest BCUT2D eigenvalue weighted by Gasteiger charge is 2.22. The van der Waals surface area contributed by atoms with Gasteiger partial charge in [0.05, 0.1) is 0 Å². The Morgan fingerprint density at radius 1 is 1.41 bits per heavy atom. The molecular formula is C13H27N3O. The van der Waals surface area contributed by atoms with Gasteiger partial charge in [-0.15, -0.1) is 0 Å². The van der Waals surface area contributed by atoms with Crippen LogP contribution in [0.3, 0.4) is 0 Å². The second kappa shape index (κ2) is 7.67. The molecule has 1 saturated carbocycles. The van der Waals surface area contributed by atoms with Gasteiger partial charge in [0.2, 0.25) is 5.91 Å². The Hall–Kier alpha value is -0.610. The van der Waals surface area contributed by atoms with Crippen LogP contribution in [0.2, 0.25) is 0 Å². The summed E-state index contributed by atoms with van der Waals surface area (Å²) in [6.45, 7) is 6.98. The van der Waals surface area contributed by atoms with Gasteiger partial charge < -0.3 is 16.4 Å². The van der Waals surface area contributed by atoms with E-state index in [9.17, 15) is 4.79 Å². The lowest BCUT2D eigenvalue weighted by atomic mass is 9.96.